The molecule has 3 aromatic rings. The zero-order valence-electron chi connectivity index (χ0n) is 14.7. The van der Waals surface area contributed by atoms with Gasteiger partial charge in [0.2, 0.25) is 11.8 Å². The Morgan fingerprint density at radius 3 is 2.67 bits per heavy atom. The van der Waals surface area contributed by atoms with Gasteiger partial charge in [0, 0.05) is 36.9 Å². The molecule has 138 valence electrons. The van der Waals surface area contributed by atoms with Crippen molar-refractivity contribution in [2.45, 2.75) is 13.0 Å². The van der Waals surface area contributed by atoms with Gasteiger partial charge in [0.1, 0.15) is 0 Å². The highest BCUT2D eigenvalue weighted by Crippen LogP contribution is 2.16. The summed E-state index contributed by atoms with van der Waals surface area (Å²) < 4.78 is 2.00. The Bertz CT molecular complexity index is 901. The van der Waals surface area contributed by atoms with E-state index in [1.54, 1.807) is 11.5 Å². The van der Waals surface area contributed by atoms with Gasteiger partial charge < -0.3 is 9.88 Å². The minimum absolute atomic E-state index is 0.0886. The Balaban J connectivity index is 1.43. The third-order valence-corrected chi connectivity index (χ3v) is 4.52. The molecule has 0 saturated heterocycles. The molecule has 0 aliphatic rings. The van der Waals surface area contributed by atoms with E-state index in [4.69, 9.17) is 0 Å². The smallest absolute Gasteiger partial charge is 0.250 e. The van der Waals surface area contributed by atoms with Gasteiger partial charge in [0.15, 0.2) is 5.13 Å². The molecule has 0 radical (unpaired) electrons. The number of amides is 2. The first-order chi connectivity index (χ1) is 13.2. The Morgan fingerprint density at radius 1 is 1.11 bits per heavy atom. The number of hydrogen-bond donors (Lipinski definition) is 2. The molecule has 0 bridgehead atoms. The quantitative estimate of drug-likeness (QED) is 0.590. The number of thiazole rings is 1. The van der Waals surface area contributed by atoms with Crippen LogP contribution >= 0.6 is 11.3 Å². The lowest BCUT2D eigenvalue weighted by Crippen LogP contribution is -2.28. The molecule has 0 unspecified atom stereocenters. The standard InChI is InChI=1S/C20H20N4O2S/c25-18(9-8-16-6-2-1-3-7-16)23-20-22-17(15-27-20)14-19(26)21-10-13-24-11-4-5-12-24/h1-9,11-12,15H,10,13-14H2,(H,21,26)(H,22,23,25)/b9-8+. The number of anilines is 1. The summed E-state index contributed by atoms with van der Waals surface area (Å²) in [5.74, 6) is -0.342. The SMILES string of the molecule is O=C(/C=C/c1ccccc1)Nc1nc(CC(=O)NCCn2cccc2)cs1. The van der Waals surface area contributed by atoms with E-state index in [-0.39, 0.29) is 18.2 Å². The highest BCUT2D eigenvalue weighted by atomic mass is 32.1. The summed E-state index contributed by atoms with van der Waals surface area (Å²) in [4.78, 5) is 28.2. The Labute approximate surface area is 161 Å². The van der Waals surface area contributed by atoms with E-state index in [2.05, 4.69) is 15.6 Å². The minimum atomic E-state index is -0.254. The number of nitrogens with zero attached hydrogens (tertiary/aromatic N) is 2. The van der Waals surface area contributed by atoms with E-state index in [9.17, 15) is 9.59 Å². The average Bonchev–Trinajstić information content (AvgIpc) is 3.33. The summed E-state index contributed by atoms with van der Waals surface area (Å²) in [7, 11) is 0. The molecular formula is C20H20N4O2S. The van der Waals surface area contributed by atoms with Crippen molar-refractivity contribution in [2.75, 3.05) is 11.9 Å². The van der Waals surface area contributed by atoms with Gasteiger partial charge in [0.05, 0.1) is 12.1 Å². The molecular weight excluding hydrogens is 360 g/mol. The van der Waals surface area contributed by atoms with Crippen LogP contribution in [0.1, 0.15) is 11.3 Å². The second-order valence-corrected chi connectivity index (χ2v) is 6.68. The van der Waals surface area contributed by atoms with Crippen LogP contribution in [0.3, 0.4) is 0 Å². The average molecular weight is 380 g/mol. The van der Waals surface area contributed by atoms with E-state index in [1.165, 1.54) is 17.4 Å². The summed E-state index contributed by atoms with van der Waals surface area (Å²) in [5.41, 5.74) is 1.59. The van der Waals surface area contributed by atoms with Crippen molar-refractivity contribution in [3.05, 3.63) is 77.6 Å². The maximum atomic E-state index is 12.0. The first kappa shape index (κ1) is 18.6. The number of benzene rings is 1. The van der Waals surface area contributed by atoms with Crippen molar-refractivity contribution in [1.29, 1.82) is 0 Å². The van der Waals surface area contributed by atoms with Gasteiger partial charge in [-0.1, -0.05) is 30.3 Å². The lowest BCUT2D eigenvalue weighted by atomic mass is 10.2. The summed E-state index contributed by atoms with van der Waals surface area (Å²) in [6.07, 6.45) is 7.30. The van der Waals surface area contributed by atoms with Crippen molar-refractivity contribution in [3.63, 3.8) is 0 Å². The lowest BCUT2D eigenvalue weighted by Gasteiger charge is -2.05. The predicted molar refractivity (Wildman–Crippen MR) is 107 cm³/mol. The Hall–Kier alpha value is -3.19. The second-order valence-electron chi connectivity index (χ2n) is 5.82. The third kappa shape index (κ3) is 6.23. The van der Waals surface area contributed by atoms with Gasteiger partial charge in [-0.05, 0) is 23.8 Å². The van der Waals surface area contributed by atoms with E-state index in [0.29, 0.717) is 17.4 Å². The van der Waals surface area contributed by atoms with Gasteiger partial charge in [-0.2, -0.15) is 0 Å². The monoisotopic (exact) mass is 380 g/mol. The van der Waals surface area contributed by atoms with E-state index in [1.807, 2.05) is 59.4 Å². The number of hydrogen-bond acceptors (Lipinski definition) is 4. The molecule has 3 rings (SSSR count). The van der Waals surface area contributed by atoms with Crippen LogP contribution in [0.5, 0.6) is 0 Å². The molecule has 0 atom stereocenters. The fourth-order valence-electron chi connectivity index (χ4n) is 2.40. The second kappa shape index (κ2) is 9.49. The van der Waals surface area contributed by atoms with Gasteiger partial charge in [-0.15, -0.1) is 11.3 Å². The molecule has 2 heterocycles. The molecule has 2 amide bonds. The normalized spacial score (nSPS) is 10.8. The summed E-state index contributed by atoms with van der Waals surface area (Å²) in [6.45, 7) is 1.29. The number of aromatic nitrogens is 2. The summed E-state index contributed by atoms with van der Waals surface area (Å²) >= 11 is 1.30. The zero-order chi connectivity index (χ0) is 18.9. The van der Waals surface area contributed by atoms with Crippen molar-refractivity contribution >= 4 is 34.4 Å². The van der Waals surface area contributed by atoms with Gasteiger partial charge in [-0.25, -0.2) is 4.98 Å². The molecule has 0 spiro atoms. The van der Waals surface area contributed by atoms with Gasteiger partial charge in [0.25, 0.3) is 0 Å². The van der Waals surface area contributed by atoms with Gasteiger partial charge in [-0.3, -0.25) is 14.9 Å². The van der Waals surface area contributed by atoms with Crippen LogP contribution in [-0.2, 0) is 22.6 Å². The maximum absolute atomic E-state index is 12.0. The number of carbonyl (C=O) groups is 2. The first-order valence-electron chi connectivity index (χ1n) is 8.55. The third-order valence-electron chi connectivity index (χ3n) is 3.71. The van der Waals surface area contributed by atoms with Crippen molar-refractivity contribution in [1.82, 2.24) is 14.9 Å². The van der Waals surface area contributed by atoms with Crippen molar-refractivity contribution < 1.29 is 9.59 Å². The zero-order valence-corrected chi connectivity index (χ0v) is 15.5. The van der Waals surface area contributed by atoms with Crippen molar-refractivity contribution in [2.24, 2.45) is 0 Å². The highest BCUT2D eigenvalue weighted by Gasteiger charge is 2.08. The van der Waals surface area contributed by atoms with E-state index in [0.717, 1.165) is 12.1 Å². The number of carbonyl (C=O) groups excluding carboxylic acids is 2. The molecule has 7 heteroatoms. The van der Waals surface area contributed by atoms with Crippen LogP contribution in [0.4, 0.5) is 5.13 Å². The molecule has 27 heavy (non-hydrogen) atoms. The topological polar surface area (TPSA) is 76.0 Å². The highest BCUT2D eigenvalue weighted by molar-refractivity contribution is 7.14. The van der Waals surface area contributed by atoms with Crippen LogP contribution in [0, 0.1) is 0 Å². The maximum Gasteiger partial charge on any atom is 0.250 e. The molecule has 6 nitrogen and oxygen atoms in total. The summed E-state index contributed by atoms with van der Waals surface area (Å²) in [5, 5.41) is 7.84. The number of nitrogens with one attached hydrogen (secondary N) is 2. The first-order valence-corrected chi connectivity index (χ1v) is 9.43. The minimum Gasteiger partial charge on any atom is -0.354 e. The Morgan fingerprint density at radius 2 is 1.89 bits per heavy atom. The predicted octanol–water partition coefficient (Wildman–Crippen LogP) is 2.96. The molecule has 0 aliphatic carbocycles. The molecule has 0 aliphatic heterocycles. The molecule has 1 aromatic carbocycles. The largest absolute Gasteiger partial charge is 0.354 e. The summed E-state index contributed by atoms with van der Waals surface area (Å²) in [6, 6.07) is 13.5. The van der Waals surface area contributed by atoms with Gasteiger partial charge >= 0.3 is 0 Å². The molecule has 2 N–H and O–H groups in total. The van der Waals surface area contributed by atoms with Crippen LogP contribution in [0.25, 0.3) is 6.08 Å². The van der Waals surface area contributed by atoms with Crippen LogP contribution in [-0.4, -0.2) is 27.9 Å². The van der Waals surface area contributed by atoms with Crippen LogP contribution in [0.15, 0.2) is 66.3 Å². The molecule has 0 saturated carbocycles. The fraction of sp³-hybridized carbons (Fsp3) is 0.150. The molecule has 0 fully saturated rings. The molecule has 2 aromatic heterocycles. The van der Waals surface area contributed by atoms with E-state index >= 15 is 0 Å². The van der Waals surface area contributed by atoms with Crippen molar-refractivity contribution in [3.8, 4) is 0 Å². The van der Waals surface area contributed by atoms with Crippen LogP contribution < -0.4 is 10.6 Å². The number of rotatable bonds is 8. The van der Waals surface area contributed by atoms with Crippen LogP contribution in [0.2, 0.25) is 0 Å². The Kier molecular flexibility index (Phi) is 6.54. The fourth-order valence-corrected chi connectivity index (χ4v) is 3.11. The lowest BCUT2D eigenvalue weighted by molar-refractivity contribution is -0.120. The van der Waals surface area contributed by atoms with E-state index < -0.39 is 0 Å².